The monoisotopic (exact) mass is 409 g/mol. The van der Waals surface area contributed by atoms with Crippen LogP contribution in [0.25, 0.3) is 0 Å². The van der Waals surface area contributed by atoms with Gasteiger partial charge in [0.2, 0.25) is 0 Å². The fourth-order valence-corrected chi connectivity index (χ4v) is 3.52. The summed E-state index contributed by atoms with van der Waals surface area (Å²) in [6.45, 7) is 7.34. The van der Waals surface area contributed by atoms with Gasteiger partial charge in [0, 0.05) is 26.8 Å². The molecule has 0 aromatic heterocycles. The van der Waals surface area contributed by atoms with E-state index in [0.29, 0.717) is 12.7 Å². The highest BCUT2D eigenvalue weighted by Crippen LogP contribution is 2.15. The molecule has 1 aliphatic heterocycles. The van der Waals surface area contributed by atoms with Crippen molar-refractivity contribution < 1.29 is 9.47 Å². The van der Waals surface area contributed by atoms with Gasteiger partial charge in [-0.15, -0.1) is 0 Å². The van der Waals surface area contributed by atoms with Crippen molar-refractivity contribution in [2.75, 3.05) is 20.3 Å². The van der Waals surface area contributed by atoms with Gasteiger partial charge in [-0.25, -0.2) is 0 Å². The van der Waals surface area contributed by atoms with Crippen molar-refractivity contribution in [2.24, 2.45) is 4.99 Å². The predicted molar refractivity (Wildman–Crippen MR) is 123 cm³/mol. The summed E-state index contributed by atoms with van der Waals surface area (Å²) in [5.41, 5.74) is 5.03. The van der Waals surface area contributed by atoms with Crippen LogP contribution in [0.1, 0.15) is 55.0 Å². The van der Waals surface area contributed by atoms with E-state index in [9.17, 15) is 0 Å². The van der Waals surface area contributed by atoms with E-state index in [2.05, 4.69) is 78.0 Å². The minimum absolute atomic E-state index is 0.187. The Labute approximate surface area is 180 Å². The fraction of sp³-hybridized carbons (Fsp3) is 0.480. The molecule has 2 aromatic rings. The first-order valence-corrected chi connectivity index (χ1v) is 11.0. The topological polar surface area (TPSA) is 54.9 Å². The first-order chi connectivity index (χ1) is 14.7. The average Bonchev–Trinajstić information content (AvgIpc) is 2.81. The van der Waals surface area contributed by atoms with Gasteiger partial charge < -0.3 is 20.1 Å². The third-order valence-corrected chi connectivity index (χ3v) is 5.60. The molecule has 1 heterocycles. The largest absolute Gasteiger partial charge is 0.381 e. The predicted octanol–water partition coefficient (Wildman–Crippen LogP) is 4.37. The zero-order valence-corrected chi connectivity index (χ0v) is 18.5. The zero-order valence-electron chi connectivity index (χ0n) is 18.5. The molecule has 5 nitrogen and oxygen atoms in total. The third kappa shape index (κ3) is 6.85. The number of aliphatic imine (C=N–C) groups is 1. The lowest BCUT2D eigenvalue weighted by atomic mass is 10.1. The van der Waals surface area contributed by atoms with Crippen LogP contribution in [0.4, 0.5) is 0 Å². The lowest BCUT2D eigenvalue weighted by Crippen LogP contribution is -2.38. The van der Waals surface area contributed by atoms with Gasteiger partial charge in [0.25, 0.3) is 0 Å². The van der Waals surface area contributed by atoms with E-state index < -0.39 is 0 Å². The lowest BCUT2D eigenvalue weighted by Gasteiger charge is -2.22. The van der Waals surface area contributed by atoms with Crippen molar-refractivity contribution in [1.82, 2.24) is 10.6 Å². The summed E-state index contributed by atoms with van der Waals surface area (Å²) < 4.78 is 11.4. The maximum Gasteiger partial charge on any atom is 0.191 e. The molecular formula is C25H35N3O2. The number of nitrogens with zero attached hydrogens (tertiary/aromatic N) is 1. The smallest absolute Gasteiger partial charge is 0.191 e. The Morgan fingerprint density at radius 3 is 2.30 bits per heavy atom. The number of rotatable bonds is 8. The van der Waals surface area contributed by atoms with Gasteiger partial charge in [0.05, 0.1) is 18.8 Å². The van der Waals surface area contributed by atoms with Gasteiger partial charge in [-0.1, -0.05) is 55.5 Å². The molecule has 0 aliphatic carbocycles. The molecule has 0 spiro atoms. The van der Waals surface area contributed by atoms with Crippen molar-refractivity contribution in [2.45, 2.75) is 58.4 Å². The molecule has 2 aromatic carbocycles. The number of hydrogen-bond donors (Lipinski definition) is 2. The van der Waals surface area contributed by atoms with E-state index in [0.717, 1.165) is 45.0 Å². The van der Waals surface area contributed by atoms with Gasteiger partial charge in [-0.05, 0) is 48.4 Å². The van der Waals surface area contributed by atoms with E-state index in [1.54, 1.807) is 7.05 Å². The second kappa shape index (κ2) is 11.7. The van der Waals surface area contributed by atoms with E-state index in [-0.39, 0.29) is 6.04 Å². The standard InChI is InChI=1S/C25H35N3O2/c1-4-20-9-11-23(12-10-20)19(2)28-25(26-3)27-17-21-5-7-22(8-6-21)18-30-24-13-15-29-16-14-24/h5-12,19,24H,4,13-18H2,1-3H3,(H2,26,27,28). The molecule has 2 N–H and O–H groups in total. The highest BCUT2D eigenvalue weighted by Gasteiger charge is 2.14. The summed E-state index contributed by atoms with van der Waals surface area (Å²) in [6.07, 6.45) is 3.38. The Morgan fingerprint density at radius 1 is 1.03 bits per heavy atom. The van der Waals surface area contributed by atoms with Crippen molar-refractivity contribution in [3.05, 3.63) is 70.8 Å². The second-order valence-electron chi connectivity index (χ2n) is 7.83. The molecule has 162 valence electrons. The second-order valence-corrected chi connectivity index (χ2v) is 7.83. The summed E-state index contributed by atoms with van der Waals surface area (Å²) in [4.78, 5) is 4.37. The van der Waals surface area contributed by atoms with Gasteiger partial charge in [0.15, 0.2) is 5.96 Å². The molecule has 0 bridgehead atoms. The van der Waals surface area contributed by atoms with Crippen LogP contribution in [0.15, 0.2) is 53.5 Å². The maximum absolute atomic E-state index is 6.00. The number of guanidine groups is 1. The van der Waals surface area contributed by atoms with Crippen molar-refractivity contribution >= 4 is 5.96 Å². The van der Waals surface area contributed by atoms with Crippen molar-refractivity contribution in [1.29, 1.82) is 0 Å². The number of ether oxygens (including phenoxy) is 2. The third-order valence-electron chi connectivity index (χ3n) is 5.60. The van der Waals surface area contributed by atoms with Crippen LogP contribution >= 0.6 is 0 Å². The van der Waals surface area contributed by atoms with Crippen LogP contribution in [0, 0.1) is 0 Å². The van der Waals surface area contributed by atoms with Gasteiger partial charge >= 0.3 is 0 Å². The highest BCUT2D eigenvalue weighted by molar-refractivity contribution is 5.80. The molecule has 3 rings (SSSR count). The number of aryl methyl sites for hydroxylation is 1. The van der Waals surface area contributed by atoms with E-state index in [1.807, 2.05) is 0 Å². The van der Waals surface area contributed by atoms with E-state index >= 15 is 0 Å². The molecule has 1 atom stereocenters. The van der Waals surface area contributed by atoms with Crippen LogP contribution in [-0.2, 0) is 29.0 Å². The van der Waals surface area contributed by atoms with E-state index in [1.165, 1.54) is 22.3 Å². The normalized spacial score (nSPS) is 16.3. The van der Waals surface area contributed by atoms with Gasteiger partial charge in [-0.3, -0.25) is 4.99 Å². The summed E-state index contributed by atoms with van der Waals surface area (Å²) in [5.74, 6) is 0.800. The first kappa shape index (κ1) is 22.3. The Kier molecular flexibility index (Phi) is 8.72. The van der Waals surface area contributed by atoms with Gasteiger partial charge in [-0.2, -0.15) is 0 Å². The molecule has 1 saturated heterocycles. The molecule has 1 fully saturated rings. The van der Waals surface area contributed by atoms with Crippen LogP contribution in [-0.4, -0.2) is 32.3 Å². The molecule has 1 unspecified atom stereocenters. The van der Waals surface area contributed by atoms with E-state index in [4.69, 9.17) is 9.47 Å². The molecule has 5 heteroatoms. The summed E-state index contributed by atoms with van der Waals surface area (Å²) >= 11 is 0. The zero-order chi connectivity index (χ0) is 21.2. The minimum atomic E-state index is 0.187. The van der Waals surface area contributed by atoms with Crippen molar-refractivity contribution in [3.8, 4) is 0 Å². The Balaban J connectivity index is 1.44. The number of nitrogens with one attached hydrogen (secondary N) is 2. The van der Waals surface area contributed by atoms with Crippen LogP contribution in [0.5, 0.6) is 0 Å². The average molecular weight is 410 g/mol. The molecular weight excluding hydrogens is 374 g/mol. The van der Waals surface area contributed by atoms with Crippen LogP contribution in [0.3, 0.4) is 0 Å². The van der Waals surface area contributed by atoms with Crippen molar-refractivity contribution in [3.63, 3.8) is 0 Å². The minimum Gasteiger partial charge on any atom is -0.381 e. The molecule has 0 radical (unpaired) electrons. The summed E-state index contributed by atoms with van der Waals surface area (Å²) in [5, 5.41) is 6.87. The Morgan fingerprint density at radius 2 is 1.67 bits per heavy atom. The lowest BCUT2D eigenvalue weighted by molar-refractivity contribution is -0.0390. The Hall–Kier alpha value is -2.37. The summed E-state index contributed by atoms with van der Waals surface area (Å²) in [6, 6.07) is 17.5. The number of hydrogen-bond acceptors (Lipinski definition) is 3. The molecule has 0 saturated carbocycles. The number of benzene rings is 2. The molecule has 0 amide bonds. The maximum atomic E-state index is 6.00. The fourth-order valence-electron chi connectivity index (χ4n) is 3.52. The highest BCUT2D eigenvalue weighted by atomic mass is 16.5. The van der Waals surface area contributed by atoms with Crippen LogP contribution < -0.4 is 10.6 Å². The SMILES string of the molecule is CCc1ccc(C(C)NC(=NC)NCc2ccc(COC3CCOCC3)cc2)cc1. The van der Waals surface area contributed by atoms with Gasteiger partial charge in [0.1, 0.15) is 0 Å². The van der Waals surface area contributed by atoms with Crippen LogP contribution in [0.2, 0.25) is 0 Å². The quantitative estimate of drug-likeness (QED) is 0.502. The Bertz CT molecular complexity index is 781. The first-order valence-electron chi connectivity index (χ1n) is 11.0. The molecule has 1 aliphatic rings. The molecule has 30 heavy (non-hydrogen) atoms. The summed E-state index contributed by atoms with van der Waals surface area (Å²) in [7, 11) is 1.80.